The van der Waals surface area contributed by atoms with Gasteiger partial charge in [0.25, 0.3) is 0 Å². The van der Waals surface area contributed by atoms with Crippen molar-refractivity contribution in [3.63, 3.8) is 0 Å². The first-order valence-corrected chi connectivity index (χ1v) is 6.53. The zero-order valence-electron chi connectivity index (χ0n) is 11.2. The lowest BCUT2D eigenvalue weighted by Crippen LogP contribution is -2.40. The molecule has 1 atom stereocenters. The van der Waals surface area contributed by atoms with Gasteiger partial charge in [-0.25, -0.2) is 9.97 Å². The van der Waals surface area contributed by atoms with E-state index in [1.54, 1.807) is 19.5 Å². The lowest BCUT2D eigenvalue weighted by molar-refractivity contribution is 0.204. The highest BCUT2D eigenvalue weighted by Crippen LogP contribution is 2.16. The molecule has 6 heteroatoms. The van der Waals surface area contributed by atoms with E-state index in [0.717, 1.165) is 19.5 Å². The molecule has 0 bridgehead atoms. The standard InChI is InChI=1S/C13H19N5O/c1-19-8-7-18(10-11-3-2-4-15-11)13-12(9-14)16-5-6-17-13/h5-6,11,15H,2-4,7-8,10H2,1H3. The van der Waals surface area contributed by atoms with Gasteiger partial charge in [-0.05, 0) is 19.4 Å². The molecule has 1 aliphatic rings. The van der Waals surface area contributed by atoms with Crippen LogP contribution in [0.4, 0.5) is 5.82 Å². The summed E-state index contributed by atoms with van der Waals surface area (Å²) in [5.74, 6) is 0.649. The van der Waals surface area contributed by atoms with Crippen LogP contribution in [-0.2, 0) is 4.74 Å². The maximum Gasteiger partial charge on any atom is 0.183 e. The molecule has 1 fully saturated rings. The smallest absolute Gasteiger partial charge is 0.183 e. The van der Waals surface area contributed by atoms with Crippen molar-refractivity contribution < 1.29 is 4.74 Å². The number of hydrogen-bond acceptors (Lipinski definition) is 6. The van der Waals surface area contributed by atoms with Crippen LogP contribution < -0.4 is 10.2 Å². The molecule has 19 heavy (non-hydrogen) atoms. The number of methoxy groups -OCH3 is 1. The van der Waals surface area contributed by atoms with Gasteiger partial charge in [-0.15, -0.1) is 0 Å². The van der Waals surface area contributed by atoms with Gasteiger partial charge < -0.3 is 15.0 Å². The summed E-state index contributed by atoms with van der Waals surface area (Å²) in [6.07, 6.45) is 5.53. The van der Waals surface area contributed by atoms with Crippen LogP contribution in [0, 0.1) is 11.3 Å². The molecule has 0 saturated carbocycles. The van der Waals surface area contributed by atoms with E-state index in [1.165, 1.54) is 6.42 Å². The van der Waals surface area contributed by atoms with Crippen molar-refractivity contribution >= 4 is 5.82 Å². The van der Waals surface area contributed by atoms with E-state index in [4.69, 9.17) is 10.00 Å². The lowest BCUT2D eigenvalue weighted by Gasteiger charge is -2.26. The van der Waals surface area contributed by atoms with Crippen molar-refractivity contribution in [3.05, 3.63) is 18.1 Å². The van der Waals surface area contributed by atoms with Crippen molar-refractivity contribution in [3.8, 4) is 6.07 Å². The fourth-order valence-electron chi connectivity index (χ4n) is 2.30. The summed E-state index contributed by atoms with van der Waals surface area (Å²) >= 11 is 0. The number of hydrogen-bond donors (Lipinski definition) is 1. The molecule has 1 unspecified atom stereocenters. The fraction of sp³-hybridized carbons (Fsp3) is 0.615. The molecule has 1 saturated heterocycles. The van der Waals surface area contributed by atoms with Crippen LogP contribution in [0.1, 0.15) is 18.5 Å². The Morgan fingerprint density at radius 3 is 3.05 bits per heavy atom. The highest BCUT2D eigenvalue weighted by Gasteiger charge is 2.20. The van der Waals surface area contributed by atoms with E-state index in [2.05, 4.69) is 26.3 Å². The average molecular weight is 261 g/mol. The molecule has 0 spiro atoms. The highest BCUT2D eigenvalue weighted by molar-refractivity contribution is 5.49. The third kappa shape index (κ3) is 3.63. The zero-order valence-corrected chi connectivity index (χ0v) is 11.2. The predicted octanol–water partition coefficient (Wildman–Crippen LogP) is 0.553. The number of nitrogens with one attached hydrogen (secondary N) is 1. The number of ether oxygens (including phenoxy) is 1. The van der Waals surface area contributed by atoms with E-state index < -0.39 is 0 Å². The molecular formula is C13H19N5O. The number of nitriles is 1. The maximum absolute atomic E-state index is 9.13. The Morgan fingerprint density at radius 1 is 1.53 bits per heavy atom. The Labute approximate surface area is 113 Å². The Balaban J connectivity index is 2.13. The Bertz CT molecular complexity index is 439. The van der Waals surface area contributed by atoms with Crippen molar-refractivity contribution in [2.75, 3.05) is 38.3 Å². The van der Waals surface area contributed by atoms with Crippen LogP contribution in [0.2, 0.25) is 0 Å². The summed E-state index contributed by atoms with van der Waals surface area (Å²) in [6.45, 7) is 3.21. The second-order valence-corrected chi connectivity index (χ2v) is 4.57. The van der Waals surface area contributed by atoms with Gasteiger partial charge in [0.15, 0.2) is 11.5 Å². The molecule has 0 amide bonds. The predicted molar refractivity (Wildman–Crippen MR) is 71.9 cm³/mol. The molecule has 2 heterocycles. The SMILES string of the molecule is COCCN(CC1CCCN1)c1nccnc1C#N. The van der Waals surface area contributed by atoms with Crippen molar-refractivity contribution in [1.29, 1.82) is 5.26 Å². The summed E-state index contributed by atoms with van der Waals surface area (Å²) < 4.78 is 5.14. The van der Waals surface area contributed by atoms with E-state index in [9.17, 15) is 0 Å². The first-order valence-electron chi connectivity index (χ1n) is 6.53. The Hall–Kier alpha value is -1.71. The van der Waals surface area contributed by atoms with Crippen LogP contribution >= 0.6 is 0 Å². The molecular weight excluding hydrogens is 242 g/mol. The van der Waals surface area contributed by atoms with Crippen LogP contribution in [-0.4, -0.2) is 49.4 Å². The van der Waals surface area contributed by atoms with Crippen LogP contribution in [0.3, 0.4) is 0 Å². The zero-order chi connectivity index (χ0) is 13.5. The second kappa shape index (κ2) is 7.02. The third-order valence-corrected chi connectivity index (χ3v) is 3.25. The molecule has 2 rings (SSSR count). The summed E-state index contributed by atoms with van der Waals surface area (Å²) in [5, 5.41) is 12.6. The van der Waals surface area contributed by atoms with E-state index in [1.807, 2.05) is 0 Å². The number of anilines is 1. The van der Waals surface area contributed by atoms with Gasteiger partial charge in [-0.3, -0.25) is 0 Å². The van der Waals surface area contributed by atoms with Crippen LogP contribution in [0.25, 0.3) is 0 Å². The van der Waals surface area contributed by atoms with Gasteiger partial charge in [-0.1, -0.05) is 0 Å². The number of nitrogens with zero attached hydrogens (tertiary/aromatic N) is 4. The van der Waals surface area contributed by atoms with Crippen molar-refractivity contribution in [2.45, 2.75) is 18.9 Å². The maximum atomic E-state index is 9.13. The Morgan fingerprint density at radius 2 is 2.37 bits per heavy atom. The minimum atomic E-state index is 0.372. The molecule has 1 aromatic rings. The minimum absolute atomic E-state index is 0.372. The van der Waals surface area contributed by atoms with Crippen LogP contribution in [0.15, 0.2) is 12.4 Å². The van der Waals surface area contributed by atoms with Gasteiger partial charge >= 0.3 is 0 Å². The van der Waals surface area contributed by atoms with E-state index in [-0.39, 0.29) is 0 Å². The first kappa shape index (κ1) is 13.7. The Kier molecular flexibility index (Phi) is 5.07. The monoisotopic (exact) mass is 261 g/mol. The second-order valence-electron chi connectivity index (χ2n) is 4.57. The molecule has 6 nitrogen and oxygen atoms in total. The fourth-order valence-corrected chi connectivity index (χ4v) is 2.30. The molecule has 1 N–H and O–H groups in total. The normalized spacial score (nSPS) is 18.2. The van der Waals surface area contributed by atoms with Crippen molar-refractivity contribution in [1.82, 2.24) is 15.3 Å². The summed E-state index contributed by atoms with van der Waals surface area (Å²) in [5.41, 5.74) is 0.372. The molecule has 0 aliphatic carbocycles. The molecule has 102 valence electrons. The average Bonchev–Trinajstić information content (AvgIpc) is 2.96. The summed E-state index contributed by atoms with van der Waals surface area (Å²) in [4.78, 5) is 10.5. The third-order valence-electron chi connectivity index (χ3n) is 3.25. The number of rotatable bonds is 6. The van der Waals surface area contributed by atoms with Gasteiger partial charge in [0.1, 0.15) is 6.07 Å². The molecule has 0 aromatic carbocycles. The topological polar surface area (TPSA) is 74.1 Å². The summed E-state index contributed by atoms with van der Waals surface area (Å²) in [7, 11) is 1.67. The largest absolute Gasteiger partial charge is 0.383 e. The quantitative estimate of drug-likeness (QED) is 0.806. The van der Waals surface area contributed by atoms with E-state index in [0.29, 0.717) is 30.7 Å². The highest BCUT2D eigenvalue weighted by atomic mass is 16.5. The van der Waals surface area contributed by atoms with E-state index >= 15 is 0 Å². The molecule has 1 aliphatic heterocycles. The number of aromatic nitrogens is 2. The summed E-state index contributed by atoms with van der Waals surface area (Å²) in [6, 6.07) is 2.55. The van der Waals surface area contributed by atoms with Gasteiger partial charge in [0.05, 0.1) is 6.61 Å². The van der Waals surface area contributed by atoms with Gasteiger partial charge in [-0.2, -0.15) is 5.26 Å². The molecule has 1 aromatic heterocycles. The molecule has 0 radical (unpaired) electrons. The minimum Gasteiger partial charge on any atom is -0.383 e. The van der Waals surface area contributed by atoms with Gasteiger partial charge in [0.2, 0.25) is 0 Å². The van der Waals surface area contributed by atoms with Gasteiger partial charge in [0, 0.05) is 38.6 Å². The lowest BCUT2D eigenvalue weighted by atomic mass is 10.2. The first-order chi connectivity index (χ1) is 9.35. The van der Waals surface area contributed by atoms with Crippen LogP contribution in [0.5, 0.6) is 0 Å². The van der Waals surface area contributed by atoms with Crippen molar-refractivity contribution in [2.24, 2.45) is 0 Å².